The summed E-state index contributed by atoms with van der Waals surface area (Å²) >= 11 is 2.26. The molecule has 4 atom stereocenters. The lowest BCUT2D eigenvalue weighted by Gasteiger charge is -2.43. The average Bonchev–Trinajstić information content (AvgIpc) is 2.76. The number of nitrogens with zero attached hydrogens (tertiary/aromatic N) is 1. The Hall–Kier alpha value is -0.690. The van der Waals surface area contributed by atoms with Crippen molar-refractivity contribution in [2.75, 3.05) is 13.2 Å². The molecule has 0 aromatic heterocycles. The van der Waals surface area contributed by atoms with Gasteiger partial charge >= 0.3 is 5.97 Å². The zero-order valence-electron chi connectivity index (χ0n) is 12.4. The quantitative estimate of drug-likeness (QED) is 0.749. The maximum Gasteiger partial charge on any atom is 0.308 e. The van der Waals surface area contributed by atoms with Crippen molar-refractivity contribution in [3.63, 3.8) is 0 Å². The van der Waals surface area contributed by atoms with E-state index in [0.717, 1.165) is 28.4 Å². The molecule has 0 amide bonds. The number of alkyl halides is 1. The van der Waals surface area contributed by atoms with Crippen LogP contribution in [-0.4, -0.2) is 41.3 Å². The molecule has 0 unspecified atom stereocenters. The number of aliphatic carboxylic acids is 1. The first-order chi connectivity index (χ1) is 10.6. The SMILES string of the molecule is O=C(O)[C@H]1[C@@H](c2ccc([123I])cc2)C[C@@H]2CC[C@H]1N2CCCF. The largest absolute Gasteiger partial charge is 0.481 e. The molecule has 2 saturated heterocycles. The third-order valence-corrected chi connectivity index (χ3v) is 5.92. The van der Waals surface area contributed by atoms with Crippen molar-refractivity contribution in [1.82, 2.24) is 4.90 Å². The number of piperidine rings is 1. The Bertz CT molecular complexity index is 536. The fourth-order valence-corrected chi connectivity index (χ4v) is 4.65. The summed E-state index contributed by atoms with van der Waals surface area (Å²) in [5, 5.41) is 9.79. The van der Waals surface area contributed by atoms with Crippen molar-refractivity contribution in [3.05, 3.63) is 33.4 Å². The van der Waals surface area contributed by atoms with Gasteiger partial charge < -0.3 is 5.11 Å². The first kappa shape index (κ1) is 16.2. The van der Waals surface area contributed by atoms with Crippen LogP contribution in [0.4, 0.5) is 4.39 Å². The summed E-state index contributed by atoms with van der Waals surface area (Å²) in [7, 11) is 0. The van der Waals surface area contributed by atoms with E-state index >= 15 is 0 Å². The Kier molecular flexibility index (Phi) is 5.02. The van der Waals surface area contributed by atoms with Crippen molar-refractivity contribution in [3.8, 4) is 0 Å². The predicted octanol–water partition coefficient (Wildman–Crippen LogP) is 3.67. The number of rotatable bonds is 5. The molecule has 3 nitrogen and oxygen atoms in total. The smallest absolute Gasteiger partial charge is 0.308 e. The fraction of sp³-hybridized carbons (Fsp3) is 0.588. The Morgan fingerprint density at radius 2 is 2.05 bits per heavy atom. The van der Waals surface area contributed by atoms with E-state index in [1.165, 1.54) is 0 Å². The molecule has 5 heteroatoms. The first-order valence-corrected chi connectivity index (χ1v) is 8.99. The van der Waals surface area contributed by atoms with Crippen LogP contribution in [0.3, 0.4) is 0 Å². The number of carboxylic acid groups (broad SMARTS) is 1. The zero-order chi connectivity index (χ0) is 15.7. The summed E-state index contributed by atoms with van der Waals surface area (Å²) in [5.41, 5.74) is 1.13. The van der Waals surface area contributed by atoms with Crippen molar-refractivity contribution < 1.29 is 14.3 Å². The fourth-order valence-electron chi connectivity index (χ4n) is 4.29. The zero-order valence-corrected chi connectivity index (χ0v) is 14.6. The normalized spacial score (nSPS) is 31.4. The highest BCUT2D eigenvalue weighted by molar-refractivity contribution is 14.1. The Morgan fingerprint density at radius 1 is 1.32 bits per heavy atom. The summed E-state index contributed by atoms with van der Waals surface area (Å²) in [4.78, 5) is 14.2. The lowest BCUT2D eigenvalue weighted by molar-refractivity contribution is -0.146. The second-order valence-corrected chi connectivity index (χ2v) is 7.58. The molecule has 2 heterocycles. The minimum Gasteiger partial charge on any atom is -0.481 e. The van der Waals surface area contributed by atoms with Gasteiger partial charge in [0.25, 0.3) is 0 Å². The van der Waals surface area contributed by atoms with Crippen LogP contribution < -0.4 is 0 Å². The molecule has 3 rings (SSSR count). The van der Waals surface area contributed by atoms with E-state index in [0.29, 0.717) is 19.0 Å². The van der Waals surface area contributed by atoms with Crippen LogP contribution in [0.2, 0.25) is 0 Å². The first-order valence-electron chi connectivity index (χ1n) is 7.91. The maximum atomic E-state index is 12.5. The van der Waals surface area contributed by atoms with Crippen molar-refractivity contribution in [2.45, 2.75) is 43.7 Å². The van der Waals surface area contributed by atoms with E-state index in [1.807, 2.05) is 12.1 Å². The topological polar surface area (TPSA) is 40.5 Å². The third kappa shape index (κ3) is 3.02. The molecule has 1 N–H and O–H groups in total. The standard InChI is InChI=1S/C17H21FINO2/c18-8-1-9-20-13-6-7-15(20)16(17(21)22)14(10-13)11-2-4-12(19)5-3-11/h2-5,13-16H,1,6-10H2,(H,21,22)/t13-,14+,15+,16-/m0/s1/i19-4. The predicted molar refractivity (Wildman–Crippen MR) is 91.8 cm³/mol. The van der Waals surface area contributed by atoms with Gasteiger partial charge in [-0.25, -0.2) is 0 Å². The number of carboxylic acids is 1. The number of carbonyl (C=O) groups is 1. The highest BCUT2D eigenvalue weighted by Crippen LogP contribution is 2.47. The molecule has 1 aromatic carbocycles. The van der Waals surface area contributed by atoms with Crippen LogP contribution in [0.5, 0.6) is 0 Å². The van der Waals surface area contributed by atoms with Gasteiger partial charge in [-0.05, 0) is 66.0 Å². The summed E-state index contributed by atoms with van der Waals surface area (Å²) in [6, 6.07) is 8.71. The molecule has 22 heavy (non-hydrogen) atoms. The third-order valence-electron chi connectivity index (χ3n) is 5.20. The monoisotopic (exact) mass is 413 g/mol. The van der Waals surface area contributed by atoms with Gasteiger partial charge in [-0.15, -0.1) is 0 Å². The molecule has 0 radical (unpaired) electrons. The molecule has 2 aliphatic heterocycles. The Morgan fingerprint density at radius 3 is 2.68 bits per heavy atom. The van der Waals surface area contributed by atoms with E-state index in [1.54, 1.807) is 0 Å². The molecule has 0 aliphatic carbocycles. The lowest BCUT2D eigenvalue weighted by atomic mass is 9.76. The Balaban J connectivity index is 1.87. The highest BCUT2D eigenvalue weighted by atomic mass is 123. The van der Waals surface area contributed by atoms with Gasteiger partial charge in [0.1, 0.15) is 0 Å². The summed E-state index contributed by atoms with van der Waals surface area (Å²) in [6.07, 6.45) is 3.35. The molecule has 120 valence electrons. The van der Waals surface area contributed by atoms with Crippen LogP contribution in [0.1, 0.15) is 37.2 Å². The van der Waals surface area contributed by atoms with Gasteiger partial charge in [-0.2, -0.15) is 0 Å². The van der Waals surface area contributed by atoms with E-state index in [2.05, 4.69) is 39.6 Å². The second kappa shape index (κ2) is 6.83. The van der Waals surface area contributed by atoms with Gasteiger partial charge in [0.05, 0.1) is 12.6 Å². The van der Waals surface area contributed by atoms with E-state index in [9.17, 15) is 14.3 Å². The second-order valence-electron chi connectivity index (χ2n) is 6.34. The highest BCUT2D eigenvalue weighted by Gasteiger charge is 2.50. The maximum absolute atomic E-state index is 12.5. The van der Waals surface area contributed by atoms with Crippen molar-refractivity contribution in [2.24, 2.45) is 5.92 Å². The lowest BCUT2D eigenvalue weighted by Crippen LogP contribution is -2.51. The molecule has 1 aromatic rings. The molecule has 2 fully saturated rings. The molecular weight excluding hydrogens is 392 g/mol. The average molecular weight is 413 g/mol. The molecule has 0 saturated carbocycles. The molecular formula is C17H21FINO2. The number of hydrogen-bond donors (Lipinski definition) is 1. The van der Waals surface area contributed by atoms with Crippen LogP contribution in [0, 0.1) is 9.49 Å². The van der Waals surface area contributed by atoms with Crippen LogP contribution in [0.25, 0.3) is 0 Å². The number of benzene rings is 1. The number of hydrogen-bond acceptors (Lipinski definition) is 2. The van der Waals surface area contributed by atoms with Crippen molar-refractivity contribution in [1.29, 1.82) is 0 Å². The van der Waals surface area contributed by atoms with Crippen LogP contribution >= 0.6 is 22.6 Å². The van der Waals surface area contributed by atoms with E-state index in [4.69, 9.17) is 0 Å². The summed E-state index contributed by atoms with van der Waals surface area (Å²) in [5.74, 6) is -1.01. The minimum absolute atomic E-state index is 0.0621. The van der Waals surface area contributed by atoms with E-state index < -0.39 is 5.97 Å². The van der Waals surface area contributed by atoms with Gasteiger partial charge in [0, 0.05) is 28.1 Å². The van der Waals surface area contributed by atoms with Crippen molar-refractivity contribution >= 4 is 28.6 Å². The van der Waals surface area contributed by atoms with E-state index in [-0.39, 0.29) is 24.6 Å². The Labute approximate surface area is 144 Å². The van der Waals surface area contributed by atoms with Gasteiger partial charge in [0.15, 0.2) is 0 Å². The molecule has 0 spiro atoms. The van der Waals surface area contributed by atoms with Gasteiger partial charge in [-0.1, -0.05) is 12.1 Å². The molecule has 2 aliphatic rings. The minimum atomic E-state index is -0.709. The number of fused-ring (bicyclic) bond motifs is 2. The summed E-state index contributed by atoms with van der Waals surface area (Å²) < 4.78 is 13.7. The summed E-state index contributed by atoms with van der Waals surface area (Å²) in [6.45, 7) is 0.364. The molecule has 2 bridgehead atoms. The number of halogens is 2. The van der Waals surface area contributed by atoms with Crippen LogP contribution in [-0.2, 0) is 4.79 Å². The van der Waals surface area contributed by atoms with Gasteiger partial charge in [0.2, 0.25) is 0 Å². The van der Waals surface area contributed by atoms with Crippen LogP contribution in [0.15, 0.2) is 24.3 Å². The van der Waals surface area contributed by atoms with Gasteiger partial charge in [-0.3, -0.25) is 14.1 Å².